The molecule has 0 aromatic rings. The summed E-state index contributed by atoms with van der Waals surface area (Å²) in [6.07, 6.45) is 6.78. The van der Waals surface area contributed by atoms with Gasteiger partial charge in [0.25, 0.3) is 0 Å². The summed E-state index contributed by atoms with van der Waals surface area (Å²) in [7, 11) is 1.82. The molecule has 0 amide bonds. The monoisotopic (exact) mass is 254 g/mol. The van der Waals surface area contributed by atoms with Crippen molar-refractivity contribution in [1.82, 2.24) is 10.2 Å². The molecule has 2 aliphatic rings. The molecule has 1 saturated heterocycles. The number of hydrogen-bond donors (Lipinski definition) is 1. The molecule has 1 aliphatic carbocycles. The molecule has 3 nitrogen and oxygen atoms in total. The zero-order valence-electron chi connectivity index (χ0n) is 12.2. The van der Waals surface area contributed by atoms with Crippen LogP contribution in [-0.2, 0) is 4.74 Å². The minimum atomic E-state index is 0.754. The fourth-order valence-corrected chi connectivity index (χ4v) is 3.06. The van der Waals surface area contributed by atoms with Gasteiger partial charge in [0.15, 0.2) is 0 Å². The van der Waals surface area contributed by atoms with E-state index in [-0.39, 0.29) is 0 Å². The predicted octanol–water partition coefficient (Wildman–Crippen LogP) is 2.12. The van der Waals surface area contributed by atoms with Gasteiger partial charge >= 0.3 is 0 Å². The van der Waals surface area contributed by atoms with E-state index >= 15 is 0 Å². The van der Waals surface area contributed by atoms with Crippen LogP contribution in [0.5, 0.6) is 0 Å². The summed E-state index contributed by atoms with van der Waals surface area (Å²) in [5.74, 6) is 1.77. The Balaban J connectivity index is 1.68. The molecule has 0 spiro atoms. The van der Waals surface area contributed by atoms with Crippen molar-refractivity contribution < 1.29 is 4.74 Å². The Morgan fingerprint density at radius 2 is 1.94 bits per heavy atom. The number of hydrogen-bond acceptors (Lipinski definition) is 3. The van der Waals surface area contributed by atoms with Crippen LogP contribution < -0.4 is 5.32 Å². The normalized spacial score (nSPS) is 24.3. The Kier molecular flexibility index (Phi) is 5.93. The van der Waals surface area contributed by atoms with E-state index in [0.717, 1.165) is 24.5 Å². The average Bonchev–Trinajstić information content (AvgIpc) is 3.21. The lowest BCUT2D eigenvalue weighted by Crippen LogP contribution is -2.46. The van der Waals surface area contributed by atoms with Gasteiger partial charge < -0.3 is 15.0 Å². The molecule has 2 rings (SSSR count). The van der Waals surface area contributed by atoms with Crippen LogP contribution in [-0.4, -0.2) is 50.8 Å². The first-order valence-electron chi connectivity index (χ1n) is 7.78. The predicted molar refractivity (Wildman–Crippen MR) is 75.8 cm³/mol. The third-order valence-electron chi connectivity index (χ3n) is 4.41. The molecule has 1 unspecified atom stereocenters. The van der Waals surface area contributed by atoms with Crippen LogP contribution in [0.2, 0.25) is 0 Å². The summed E-state index contributed by atoms with van der Waals surface area (Å²) >= 11 is 0. The van der Waals surface area contributed by atoms with Crippen molar-refractivity contribution >= 4 is 0 Å². The second-order valence-corrected chi connectivity index (χ2v) is 6.10. The van der Waals surface area contributed by atoms with E-state index in [1.165, 1.54) is 58.3 Å². The molecule has 2 fully saturated rings. The summed E-state index contributed by atoms with van der Waals surface area (Å²) < 4.78 is 5.27. The van der Waals surface area contributed by atoms with Crippen LogP contribution in [0.4, 0.5) is 0 Å². The van der Waals surface area contributed by atoms with Crippen molar-refractivity contribution in [1.29, 1.82) is 0 Å². The van der Waals surface area contributed by atoms with Crippen LogP contribution in [0.1, 0.15) is 39.0 Å². The maximum Gasteiger partial charge on any atom is 0.0491 e. The first kappa shape index (κ1) is 14.3. The second kappa shape index (κ2) is 7.46. The maximum absolute atomic E-state index is 5.27. The van der Waals surface area contributed by atoms with Crippen molar-refractivity contribution in [3.05, 3.63) is 0 Å². The standard InChI is InChI=1S/C15H30N2O/c1-3-8-16-15(14-4-5-14)11-17-9-6-13(7-10-17)12-18-2/h13-16H,3-12H2,1-2H3. The topological polar surface area (TPSA) is 24.5 Å². The highest BCUT2D eigenvalue weighted by molar-refractivity contribution is 4.89. The van der Waals surface area contributed by atoms with Gasteiger partial charge in [-0.1, -0.05) is 6.92 Å². The lowest BCUT2D eigenvalue weighted by Gasteiger charge is -2.34. The Morgan fingerprint density at radius 3 is 2.50 bits per heavy atom. The van der Waals surface area contributed by atoms with Gasteiger partial charge in [0.1, 0.15) is 0 Å². The molecule has 1 heterocycles. The molecule has 3 heteroatoms. The van der Waals surface area contributed by atoms with Crippen LogP contribution >= 0.6 is 0 Å². The van der Waals surface area contributed by atoms with Gasteiger partial charge in [-0.2, -0.15) is 0 Å². The molecular weight excluding hydrogens is 224 g/mol. The van der Waals surface area contributed by atoms with Gasteiger partial charge in [-0.05, 0) is 63.6 Å². The largest absolute Gasteiger partial charge is 0.384 e. The minimum absolute atomic E-state index is 0.754. The summed E-state index contributed by atoms with van der Waals surface area (Å²) in [5.41, 5.74) is 0. The Labute approximate surface area is 112 Å². The highest BCUT2D eigenvalue weighted by Crippen LogP contribution is 2.33. The quantitative estimate of drug-likeness (QED) is 0.718. The molecule has 1 atom stereocenters. The van der Waals surface area contributed by atoms with Gasteiger partial charge in [0.2, 0.25) is 0 Å². The third-order valence-corrected chi connectivity index (χ3v) is 4.41. The lowest BCUT2D eigenvalue weighted by molar-refractivity contribution is 0.0939. The number of methoxy groups -OCH3 is 1. The zero-order valence-corrected chi connectivity index (χ0v) is 12.2. The van der Waals surface area contributed by atoms with Gasteiger partial charge in [-0.15, -0.1) is 0 Å². The van der Waals surface area contributed by atoms with E-state index < -0.39 is 0 Å². The first-order valence-corrected chi connectivity index (χ1v) is 7.78. The van der Waals surface area contributed by atoms with Crippen LogP contribution in [0.15, 0.2) is 0 Å². The number of rotatable bonds is 8. The average molecular weight is 254 g/mol. The van der Waals surface area contributed by atoms with Gasteiger partial charge in [-0.25, -0.2) is 0 Å². The van der Waals surface area contributed by atoms with Crippen molar-refractivity contribution in [2.75, 3.05) is 39.9 Å². The molecule has 0 bridgehead atoms. The molecule has 1 N–H and O–H groups in total. The lowest BCUT2D eigenvalue weighted by atomic mass is 9.97. The second-order valence-electron chi connectivity index (χ2n) is 6.10. The number of nitrogens with zero attached hydrogens (tertiary/aromatic N) is 1. The number of nitrogens with one attached hydrogen (secondary N) is 1. The number of likely N-dealkylation sites (tertiary alicyclic amines) is 1. The van der Waals surface area contributed by atoms with E-state index in [9.17, 15) is 0 Å². The number of ether oxygens (including phenoxy) is 1. The molecular formula is C15H30N2O. The van der Waals surface area contributed by atoms with Crippen molar-refractivity contribution in [3.63, 3.8) is 0 Å². The highest BCUT2D eigenvalue weighted by Gasteiger charge is 2.32. The molecule has 106 valence electrons. The minimum Gasteiger partial charge on any atom is -0.384 e. The Hall–Kier alpha value is -0.120. The number of piperidine rings is 1. The van der Waals surface area contributed by atoms with E-state index in [2.05, 4.69) is 17.1 Å². The smallest absolute Gasteiger partial charge is 0.0491 e. The highest BCUT2D eigenvalue weighted by atomic mass is 16.5. The first-order chi connectivity index (χ1) is 8.83. The fourth-order valence-electron chi connectivity index (χ4n) is 3.06. The van der Waals surface area contributed by atoms with E-state index in [1.807, 2.05) is 7.11 Å². The molecule has 0 aromatic carbocycles. The van der Waals surface area contributed by atoms with E-state index in [0.29, 0.717) is 0 Å². The van der Waals surface area contributed by atoms with Crippen molar-refractivity contribution in [2.45, 2.75) is 45.1 Å². The Bertz CT molecular complexity index is 223. The van der Waals surface area contributed by atoms with Crippen molar-refractivity contribution in [2.24, 2.45) is 11.8 Å². The van der Waals surface area contributed by atoms with E-state index in [1.54, 1.807) is 0 Å². The fraction of sp³-hybridized carbons (Fsp3) is 1.00. The SMILES string of the molecule is CCCNC(CN1CCC(COC)CC1)C1CC1. The van der Waals surface area contributed by atoms with Crippen LogP contribution in [0.25, 0.3) is 0 Å². The zero-order chi connectivity index (χ0) is 12.8. The summed E-state index contributed by atoms with van der Waals surface area (Å²) in [4.78, 5) is 2.66. The molecule has 1 aliphatic heterocycles. The molecule has 1 saturated carbocycles. The van der Waals surface area contributed by atoms with Gasteiger partial charge in [0.05, 0.1) is 0 Å². The summed E-state index contributed by atoms with van der Waals surface area (Å²) in [6, 6.07) is 0.754. The van der Waals surface area contributed by atoms with Crippen molar-refractivity contribution in [3.8, 4) is 0 Å². The van der Waals surface area contributed by atoms with Gasteiger partial charge in [0, 0.05) is 26.3 Å². The third kappa shape index (κ3) is 4.52. The van der Waals surface area contributed by atoms with E-state index in [4.69, 9.17) is 4.74 Å². The molecule has 18 heavy (non-hydrogen) atoms. The van der Waals surface area contributed by atoms with Gasteiger partial charge in [-0.3, -0.25) is 0 Å². The summed E-state index contributed by atoms with van der Waals surface area (Å²) in [5, 5.41) is 3.75. The molecule has 0 aromatic heterocycles. The summed E-state index contributed by atoms with van der Waals surface area (Å²) in [6.45, 7) is 8.20. The Morgan fingerprint density at radius 1 is 1.22 bits per heavy atom. The van der Waals surface area contributed by atoms with Crippen LogP contribution in [0, 0.1) is 11.8 Å². The maximum atomic E-state index is 5.27. The van der Waals surface area contributed by atoms with Crippen LogP contribution in [0.3, 0.4) is 0 Å². The molecule has 0 radical (unpaired) electrons.